The molecule has 0 atom stereocenters. The minimum atomic E-state index is -0.859. The lowest BCUT2D eigenvalue weighted by molar-refractivity contribution is 0.0779. The van der Waals surface area contributed by atoms with Crippen LogP contribution in [0.4, 0.5) is 0 Å². The Morgan fingerprint density at radius 1 is 1.11 bits per heavy atom. The van der Waals surface area contributed by atoms with E-state index in [2.05, 4.69) is 37.1 Å². The summed E-state index contributed by atoms with van der Waals surface area (Å²) >= 11 is 0. The van der Waals surface area contributed by atoms with Crippen molar-refractivity contribution in [3.63, 3.8) is 0 Å². The minimum absolute atomic E-state index is 0.859. The molecule has 0 aliphatic heterocycles. The largest absolute Gasteiger partial charge is 0.386 e. The molecule has 0 aliphatic rings. The molecule has 0 saturated heterocycles. The Morgan fingerprint density at radius 2 is 1.78 bits per heavy atom. The van der Waals surface area contributed by atoms with Gasteiger partial charge in [-0.25, -0.2) is 4.68 Å². The molecule has 0 fully saturated rings. The third-order valence-electron chi connectivity index (χ3n) is 3.40. The molecule has 2 rings (SSSR count). The number of aliphatic hydroxyl groups is 1. The van der Waals surface area contributed by atoms with E-state index in [4.69, 9.17) is 0 Å². The number of aromatic nitrogens is 2. The second-order valence-corrected chi connectivity index (χ2v) is 5.38. The number of rotatable bonds is 2. The summed E-state index contributed by atoms with van der Waals surface area (Å²) in [6.45, 7) is 9.73. The molecule has 1 heterocycles. The normalized spacial score (nSPS) is 11.9. The summed E-state index contributed by atoms with van der Waals surface area (Å²) in [6, 6.07) is 6.26. The molecule has 3 heteroatoms. The molecule has 1 aromatic heterocycles. The molecule has 0 unspecified atom stereocenters. The third kappa shape index (κ3) is 2.18. The monoisotopic (exact) mass is 244 g/mol. The topological polar surface area (TPSA) is 38.0 Å². The van der Waals surface area contributed by atoms with Gasteiger partial charge in [0.15, 0.2) is 0 Å². The van der Waals surface area contributed by atoms with Gasteiger partial charge in [0.2, 0.25) is 0 Å². The van der Waals surface area contributed by atoms with Gasteiger partial charge in [-0.15, -0.1) is 0 Å². The number of hydrogen-bond acceptors (Lipinski definition) is 2. The van der Waals surface area contributed by atoms with Crippen LogP contribution in [0, 0.1) is 20.8 Å². The Hall–Kier alpha value is -1.61. The molecule has 0 amide bonds. The number of hydrogen-bond donors (Lipinski definition) is 1. The van der Waals surface area contributed by atoms with E-state index < -0.39 is 5.60 Å². The highest BCUT2D eigenvalue weighted by atomic mass is 16.3. The summed E-state index contributed by atoms with van der Waals surface area (Å²) < 4.78 is 1.87. The summed E-state index contributed by atoms with van der Waals surface area (Å²) in [4.78, 5) is 0. The van der Waals surface area contributed by atoms with Crippen LogP contribution in [-0.2, 0) is 5.60 Å². The van der Waals surface area contributed by atoms with Gasteiger partial charge in [0.25, 0.3) is 0 Å². The lowest BCUT2D eigenvalue weighted by Gasteiger charge is -2.17. The first-order chi connectivity index (χ1) is 8.30. The first-order valence-electron chi connectivity index (χ1n) is 6.16. The lowest BCUT2D eigenvalue weighted by Crippen LogP contribution is -2.16. The van der Waals surface area contributed by atoms with Crippen LogP contribution in [0.3, 0.4) is 0 Å². The van der Waals surface area contributed by atoms with Crippen LogP contribution in [-0.4, -0.2) is 14.9 Å². The van der Waals surface area contributed by atoms with Gasteiger partial charge in [-0.1, -0.05) is 6.07 Å². The first kappa shape index (κ1) is 12.8. The fraction of sp³-hybridized carbons (Fsp3) is 0.400. The SMILES string of the molecule is Cc1ccc(-n2ncc(C(C)(C)O)c2C)cc1C. The van der Waals surface area contributed by atoms with Crippen LogP contribution >= 0.6 is 0 Å². The minimum Gasteiger partial charge on any atom is -0.386 e. The molecule has 18 heavy (non-hydrogen) atoms. The summed E-state index contributed by atoms with van der Waals surface area (Å²) in [6.07, 6.45) is 1.74. The molecule has 0 bridgehead atoms. The standard InChI is InChI=1S/C15H20N2O/c1-10-6-7-13(8-11(10)2)17-12(3)14(9-16-17)15(4,5)18/h6-9,18H,1-5H3. The number of aryl methyl sites for hydroxylation is 2. The summed E-state index contributed by atoms with van der Waals surface area (Å²) in [5, 5.41) is 14.5. The van der Waals surface area contributed by atoms with Crippen LogP contribution in [0.1, 0.15) is 36.2 Å². The maximum atomic E-state index is 10.1. The summed E-state index contributed by atoms with van der Waals surface area (Å²) in [5.41, 5.74) is 4.53. The Morgan fingerprint density at radius 3 is 2.28 bits per heavy atom. The van der Waals surface area contributed by atoms with E-state index in [0.717, 1.165) is 16.9 Å². The smallest absolute Gasteiger partial charge is 0.0873 e. The van der Waals surface area contributed by atoms with E-state index in [0.29, 0.717) is 0 Å². The van der Waals surface area contributed by atoms with Gasteiger partial charge in [0.1, 0.15) is 0 Å². The van der Waals surface area contributed by atoms with Crippen LogP contribution < -0.4 is 0 Å². The first-order valence-corrected chi connectivity index (χ1v) is 6.16. The Balaban J connectivity index is 2.52. The van der Waals surface area contributed by atoms with E-state index in [1.165, 1.54) is 11.1 Å². The molecular formula is C15H20N2O. The third-order valence-corrected chi connectivity index (χ3v) is 3.40. The molecule has 2 aromatic rings. The highest BCUT2D eigenvalue weighted by Crippen LogP contribution is 2.25. The van der Waals surface area contributed by atoms with Gasteiger partial charge >= 0.3 is 0 Å². The highest BCUT2D eigenvalue weighted by Gasteiger charge is 2.22. The van der Waals surface area contributed by atoms with Crippen LogP contribution in [0.25, 0.3) is 5.69 Å². The van der Waals surface area contributed by atoms with E-state index in [9.17, 15) is 5.11 Å². The predicted octanol–water partition coefficient (Wildman–Crippen LogP) is 3.02. The van der Waals surface area contributed by atoms with Gasteiger partial charge in [-0.3, -0.25) is 0 Å². The molecule has 3 nitrogen and oxygen atoms in total. The highest BCUT2D eigenvalue weighted by molar-refractivity contribution is 5.41. The lowest BCUT2D eigenvalue weighted by atomic mass is 9.99. The molecule has 1 N–H and O–H groups in total. The van der Waals surface area contributed by atoms with E-state index in [1.807, 2.05) is 11.6 Å². The Kier molecular flexibility index (Phi) is 3.03. The van der Waals surface area contributed by atoms with Crippen LogP contribution in [0.2, 0.25) is 0 Å². The van der Waals surface area contributed by atoms with Crippen molar-refractivity contribution in [3.05, 3.63) is 46.8 Å². The summed E-state index contributed by atoms with van der Waals surface area (Å²) in [5.74, 6) is 0. The van der Waals surface area contributed by atoms with Crippen molar-refractivity contribution < 1.29 is 5.11 Å². The molecule has 0 saturated carbocycles. The summed E-state index contributed by atoms with van der Waals surface area (Å²) in [7, 11) is 0. The maximum absolute atomic E-state index is 10.1. The Labute approximate surface area is 108 Å². The second-order valence-electron chi connectivity index (χ2n) is 5.38. The van der Waals surface area contributed by atoms with Crippen molar-refractivity contribution in [2.75, 3.05) is 0 Å². The van der Waals surface area contributed by atoms with Crippen molar-refractivity contribution in [2.24, 2.45) is 0 Å². The van der Waals surface area contributed by atoms with E-state index >= 15 is 0 Å². The zero-order valence-electron chi connectivity index (χ0n) is 11.7. The van der Waals surface area contributed by atoms with Crippen LogP contribution in [0.5, 0.6) is 0 Å². The van der Waals surface area contributed by atoms with Gasteiger partial charge in [0.05, 0.1) is 17.5 Å². The predicted molar refractivity (Wildman–Crippen MR) is 73.0 cm³/mol. The van der Waals surface area contributed by atoms with Crippen molar-refractivity contribution in [1.82, 2.24) is 9.78 Å². The van der Waals surface area contributed by atoms with Gasteiger partial charge < -0.3 is 5.11 Å². The average Bonchev–Trinajstić information content (AvgIpc) is 2.64. The van der Waals surface area contributed by atoms with Crippen molar-refractivity contribution in [3.8, 4) is 5.69 Å². The number of nitrogens with zero attached hydrogens (tertiary/aromatic N) is 2. The molecule has 0 radical (unpaired) electrons. The molecule has 0 spiro atoms. The van der Waals surface area contributed by atoms with Gasteiger partial charge in [-0.2, -0.15) is 5.10 Å². The zero-order valence-corrected chi connectivity index (χ0v) is 11.7. The van der Waals surface area contributed by atoms with Gasteiger partial charge in [-0.05, 0) is 57.9 Å². The fourth-order valence-electron chi connectivity index (χ4n) is 2.13. The van der Waals surface area contributed by atoms with Crippen molar-refractivity contribution in [1.29, 1.82) is 0 Å². The zero-order chi connectivity index (χ0) is 13.5. The molecule has 0 aliphatic carbocycles. The van der Waals surface area contributed by atoms with Crippen molar-refractivity contribution >= 4 is 0 Å². The Bertz CT molecular complexity index is 577. The fourth-order valence-corrected chi connectivity index (χ4v) is 2.13. The van der Waals surface area contributed by atoms with Crippen LogP contribution in [0.15, 0.2) is 24.4 Å². The van der Waals surface area contributed by atoms with Gasteiger partial charge in [0, 0.05) is 11.3 Å². The molecule has 1 aromatic carbocycles. The maximum Gasteiger partial charge on any atom is 0.0873 e. The van der Waals surface area contributed by atoms with E-state index in [-0.39, 0.29) is 0 Å². The quantitative estimate of drug-likeness (QED) is 0.881. The van der Waals surface area contributed by atoms with Crippen molar-refractivity contribution in [2.45, 2.75) is 40.2 Å². The molecule has 96 valence electrons. The van der Waals surface area contributed by atoms with E-state index in [1.54, 1.807) is 20.0 Å². The average molecular weight is 244 g/mol. The second kappa shape index (κ2) is 4.25. The number of benzene rings is 1. The molecular weight excluding hydrogens is 224 g/mol.